The second-order valence-electron chi connectivity index (χ2n) is 6.22. The second-order valence-corrected chi connectivity index (χ2v) is 7.23. The van der Waals surface area contributed by atoms with Crippen molar-refractivity contribution >= 4 is 40.6 Å². The van der Waals surface area contributed by atoms with Gasteiger partial charge in [0.2, 0.25) is 0 Å². The van der Waals surface area contributed by atoms with E-state index in [4.69, 9.17) is 9.47 Å². The summed E-state index contributed by atoms with van der Waals surface area (Å²) in [5.74, 6) is -0.494. The van der Waals surface area contributed by atoms with Gasteiger partial charge in [0.15, 0.2) is 16.7 Å². The van der Waals surface area contributed by atoms with Crippen molar-refractivity contribution in [3.63, 3.8) is 0 Å². The lowest BCUT2D eigenvalue weighted by molar-refractivity contribution is -0.121. The van der Waals surface area contributed by atoms with Crippen molar-refractivity contribution in [2.45, 2.75) is 6.92 Å². The predicted octanol–water partition coefficient (Wildman–Crippen LogP) is 3.73. The Labute approximate surface area is 177 Å². The third-order valence-corrected chi connectivity index (χ3v) is 5.28. The molecule has 1 heterocycles. The first kappa shape index (κ1) is 21.3. The molecule has 2 N–H and O–H groups in total. The highest BCUT2D eigenvalue weighted by Crippen LogP contribution is 2.36. The lowest BCUT2D eigenvalue weighted by Gasteiger charge is -2.09. The van der Waals surface area contributed by atoms with Crippen molar-refractivity contribution in [1.82, 2.24) is 4.90 Å². The van der Waals surface area contributed by atoms with Crippen LogP contribution in [0.1, 0.15) is 22.8 Å². The highest BCUT2D eigenvalue weighted by Gasteiger charge is 2.31. The molecule has 1 aliphatic heterocycles. The minimum atomic E-state index is -1.22. The molecule has 9 heteroatoms. The largest absolute Gasteiger partial charge is 0.508 e. The average Bonchev–Trinajstić information content (AvgIpc) is 2.98. The molecule has 8 nitrogen and oxygen atoms in total. The van der Waals surface area contributed by atoms with Gasteiger partial charge in [-0.25, -0.2) is 9.79 Å². The number of phenolic OH excluding ortho intramolecular Hbond substituents is 1. The molecule has 1 aliphatic rings. The molecule has 0 aliphatic carbocycles. The zero-order valence-electron chi connectivity index (χ0n) is 16.6. The van der Waals surface area contributed by atoms with Crippen LogP contribution in [0.2, 0.25) is 0 Å². The summed E-state index contributed by atoms with van der Waals surface area (Å²) in [5.41, 5.74) is 0.737. The van der Waals surface area contributed by atoms with E-state index < -0.39 is 5.97 Å². The van der Waals surface area contributed by atoms with Gasteiger partial charge in [-0.1, -0.05) is 6.07 Å². The minimum absolute atomic E-state index is 0.145. The van der Waals surface area contributed by atoms with Crippen molar-refractivity contribution in [3.05, 3.63) is 52.4 Å². The van der Waals surface area contributed by atoms with Gasteiger partial charge in [-0.3, -0.25) is 9.69 Å². The quantitative estimate of drug-likeness (QED) is 0.675. The Balaban J connectivity index is 1.93. The molecule has 156 valence electrons. The topological polar surface area (TPSA) is 109 Å². The number of aromatic hydroxyl groups is 1. The molecule has 0 bridgehead atoms. The molecule has 2 aromatic rings. The van der Waals surface area contributed by atoms with E-state index in [9.17, 15) is 19.8 Å². The van der Waals surface area contributed by atoms with E-state index in [0.29, 0.717) is 28.2 Å². The fraction of sp³-hybridized carbons (Fsp3) is 0.190. The zero-order valence-corrected chi connectivity index (χ0v) is 17.4. The number of hydrogen-bond donors (Lipinski definition) is 2. The number of ether oxygens (including phenoxy) is 2. The summed E-state index contributed by atoms with van der Waals surface area (Å²) in [7, 11) is 3.11. The van der Waals surface area contributed by atoms with E-state index >= 15 is 0 Å². The average molecular weight is 428 g/mol. The number of benzene rings is 2. The maximum absolute atomic E-state index is 12.7. The normalized spacial score (nSPS) is 16.4. The molecule has 1 saturated heterocycles. The number of amidine groups is 1. The monoisotopic (exact) mass is 428 g/mol. The van der Waals surface area contributed by atoms with Crippen LogP contribution in [0.3, 0.4) is 0 Å². The van der Waals surface area contributed by atoms with Gasteiger partial charge in [-0.15, -0.1) is 0 Å². The highest BCUT2D eigenvalue weighted by molar-refractivity contribution is 8.18. The number of carboxylic acid groups (broad SMARTS) is 1. The van der Waals surface area contributed by atoms with Gasteiger partial charge in [-0.2, -0.15) is 0 Å². The number of hydrogen-bond acceptors (Lipinski definition) is 7. The van der Waals surface area contributed by atoms with Crippen molar-refractivity contribution < 1.29 is 29.3 Å². The number of aliphatic imine (C=N–C) groups is 1. The van der Waals surface area contributed by atoms with E-state index in [1.165, 1.54) is 17.0 Å². The van der Waals surface area contributed by atoms with Gasteiger partial charge in [0.05, 0.1) is 29.9 Å². The summed E-state index contributed by atoms with van der Waals surface area (Å²) >= 11 is 1.13. The number of thioether (sulfide) groups is 1. The second kappa shape index (κ2) is 8.91. The molecular formula is C21H20N2O6S. The van der Waals surface area contributed by atoms with Crippen molar-refractivity contribution in [2.24, 2.45) is 4.99 Å². The predicted molar refractivity (Wildman–Crippen MR) is 115 cm³/mol. The Hall–Kier alpha value is -3.46. The van der Waals surface area contributed by atoms with Gasteiger partial charge < -0.3 is 19.7 Å². The smallest absolute Gasteiger partial charge is 0.338 e. The van der Waals surface area contributed by atoms with Gasteiger partial charge in [0.25, 0.3) is 5.91 Å². The van der Waals surface area contributed by atoms with Gasteiger partial charge >= 0.3 is 5.97 Å². The lowest BCUT2D eigenvalue weighted by Crippen LogP contribution is -2.23. The summed E-state index contributed by atoms with van der Waals surface area (Å²) in [6, 6.07) is 9.20. The number of carbonyl (C=O) groups excluding carboxylic acids is 1. The first-order chi connectivity index (χ1) is 14.3. The number of amides is 1. The summed E-state index contributed by atoms with van der Waals surface area (Å²) in [6.07, 6.45) is 1.71. The first-order valence-corrected chi connectivity index (χ1v) is 9.79. The first-order valence-electron chi connectivity index (χ1n) is 8.97. The Morgan fingerprint density at radius 3 is 2.67 bits per heavy atom. The highest BCUT2D eigenvalue weighted by atomic mass is 32.2. The van der Waals surface area contributed by atoms with Crippen molar-refractivity contribution in [1.29, 1.82) is 0 Å². The molecule has 0 aromatic heterocycles. The molecule has 0 saturated carbocycles. The number of phenols is 1. The van der Waals surface area contributed by atoms with Crippen LogP contribution in [0.5, 0.6) is 17.2 Å². The van der Waals surface area contributed by atoms with E-state index in [1.54, 1.807) is 32.4 Å². The third kappa shape index (κ3) is 4.41. The van der Waals surface area contributed by atoms with Crippen LogP contribution in [-0.4, -0.2) is 52.9 Å². The molecule has 0 radical (unpaired) electrons. The number of methoxy groups -OCH3 is 1. The van der Waals surface area contributed by atoms with Crippen LogP contribution in [-0.2, 0) is 4.79 Å². The summed E-state index contributed by atoms with van der Waals surface area (Å²) in [6.45, 7) is 2.38. The SMILES string of the molecule is CCOc1ccc(/C=C2\SC(=Nc3ccc(O)cc3C(=O)O)N(C)C2=O)cc1OC. The Bertz CT molecular complexity index is 1060. The summed E-state index contributed by atoms with van der Waals surface area (Å²) in [5, 5.41) is 19.2. The maximum Gasteiger partial charge on any atom is 0.338 e. The zero-order chi connectivity index (χ0) is 21.8. The van der Waals surface area contributed by atoms with Crippen molar-refractivity contribution in [2.75, 3.05) is 20.8 Å². The number of aromatic carboxylic acids is 1. The van der Waals surface area contributed by atoms with Crippen LogP contribution >= 0.6 is 11.8 Å². The van der Waals surface area contributed by atoms with Gasteiger partial charge in [0, 0.05) is 7.05 Å². The number of carboxylic acids is 1. The Morgan fingerprint density at radius 2 is 2.00 bits per heavy atom. The lowest BCUT2D eigenvalue weighted by atomic mass is 10.2. The molecule has 3 rings (SSSR count). The van der Waals surface area contributed by atoms with Gasteiger partial charge in [0.1, 0.15) is 5.75 Å². The Kier molecular flexibility index (Phi) is 6.31. The number of rotatable bonds is 6. The van der Waals surface area contributed by atoms with Crippen LogP contribution in [0.4, 0.5) is 5.69 Å². The molecule has 1 fully saturated rings. The molecule has 2 aromatic carbocycles. The van der Waals surface area contributed by atoms with Crippen LogP contribution < -0.4 is 9.47 Å². The minimum Gasteiger partial charge on any atom is -0.508 e. The fourth-order valence-corrected chi connectivity index (χ4v) is 3.73. The van der Waals surface area contributed by atoms with Crippen molar-refractivity contribution in [3.8, 4) is 17.2 Å². The number of likely N-dealkylation sites (N-methyl/N-ethyl adjacent to an activating group) is 1. The van der Waals surface area contributed by atoms with E-state index in [0.717, 1.165) is 23.4 Å². The third-order valence-electron chi connectivity index (χ3n) is 4.22. The van der Waals surface area contributed by atoms with Crippen LogP contribution in [0, 0.1) is 0 Å². The molecular weight excluding hydrogens is 408 g/mol. The number of carbonyl (C=O) groups is 2. The van der Waals surface area contributed by atoms with E-state index in [-0.39, 0.29) is 22.9 Å². The van der Waals surface area contributed by atoms with Crippen LogP contribution in [0.15, 0.2) is 46.3 Å². The maximum atomic E-state index is 12.7. The molecule has 1 amide bonds. The van der Waals surface area contributed by atoms with E-state index in [1.807, 2.05) is 13.0 Å². The molecule has 30 heavy (non-hydrogen) atoms. The Morgan fingerprint density at radius 1 is 1.23 bits per heavy atom. The van der Waals surface area contributed by atoms with E-state index in [2.05, 4.69) is 4.99 Å². The van der Waals surface area contributed by atoms with Gasteiger partial charge in [-0.05, 0) is 60.7 Å². The standard InChI is InChI=1S/C21H20N2O6S/c1-4-29-16-8-5-12(9-17(16)28-3)10-18-19(25)23(2)21(30-18)22-15-7-6-13(24)11-14(15)20(26)27/h5-11,24H,4H2,1-3H3,(H,26,27)/b18-10-,22-21?. The number of nitrogens with zero attached hydrogens (tertiary/aromatic N) is 2. The summed E-state index contributed by atoms with van der Waals surface area (Å²) < 4.78 is 10.8. The molecule has 0 spiro atoms. The fourth-order valence-electron chi connectivity index (χ4n) is 2.75. The summed E-state index contributed by atoms with van der Waals surface area (Å²) in [4.78, 5) is 30.2. The van der Waals surface area contributed by atoms with Crippen LogP contribution in [0.25, 0.3) is 6.08 Å². The molecule has 0 atom stereocenters. The molecule has 0 unspecified atom stereocenters.